The smallest absolute Gasteiger partial charge is 0.229 e. The molecule has 1 aliphatic rings. The molecule has 0 radical (unpaired) electrons. The van der Waals surface area contributed by atoms with Gasteiger partial charge in [0, 0.05) is 25.0 Å². The van der Waals surface area contributed by atoms with Gasteiger partial charge in [-0.15, -0.1) is 0 Å². The van der Waals surface area contributed by atoms with Gasteiger partial charge >= 0.3 is 0 Å². The molecule has 126 valence electrons. The summed E-state index contributed by atoms with van der Waals surface area (Å²) in [6.07, 6.45) is 3.87. The summed E-state index contributed by atoms with van der Waals surface area (Å²) >= 11 is 0. The third kappa shape index (κ3) is 3.33. The number of anilines is 3. The molecule has 25 heavy (non-hydrogen) atoms. The fraction of sp³-hybridized carbons (Fsp3) is 0.238. The first-order valence-electron chi connectivity index (χ1n) is 8.83. The quantitative estimate of drug-likeness (QED) is 0.772. The van der Waals surface area contributed by atoms with E-state index in [2.05, 4.69) is 64.6 Å². The molecule has 4 heteroatoms. The highest BCUT2D eigenvalue weighted by Gasteiger charge is 2.17. The molecule has 2 heterocycles. The van der Waals surface area contributed by atoms with Gasteiger partial charge in [0.15, 0.2) is 0 Å². The van der Waals surface area contributed by atoms with Crippen LogP contribution in [0.15, 0.2) is 60.8 Å². The number of nitrogens with one attached hydrogen (secondary N) is 1. The van der Waals surface area contributed by atoms with Crippen LogP contribution < -0.4 is 10.2 Å². The maximum atomic E-state index is 4.74. The van der Waals surface area contributed by atoms with E-state index in [-0.39, 0.29) is 0 Å². The van der Waals surface area contributed by atoms with E-state index in [1.807, 2.05) is 18.3 Å². The third-order valence-electron chi connectivity index (χ3n) is 4.74. The van der Waals surface area contributed by atoms with E-state index in [0.29, 0.717) is 5.95 Å². The molecule has 0 atom stereocenters. The normalized spacial score (nSPS) is 13.4. The lowest BCUT2D eigenvalue weighted by Crippen LogP contribution is -2.31. The molecule has 0 spiro atoms. The fourth-order valence-electron chi connectivity index (χ4n) is 3.35. The van der Waals surface area contributed by atoms with Gasteiger partial charge in [-0.05, 0) is 41.7 Å². The summed E-state index contributed by atoms with van der Waals surface area (Å²) in [7, 11) is 0. The van der Waals surface area contributed by atoms with Crippen LogP contribution >= 0.6 is 0 Å². The lowest BCUT2D eigenvalue weighted by Gasteiger charge is -2.29. The highest BCUT2D eigenvalue weighted by Crippen LogP contribution is 2.24. The number of hydrogen-bond acceptors (Lipinski definition) is 4. The van der Waals surface area contributed by atoms with Gasteiger partial charge in [0.1, 0.15) is 5.82 Å². The highest BCUT2D eigenvalue weighted by molar-refractivity contribution is 5.59. The van der Waals surface area contributed by atoms with Crippen LogP contribution in [0.25, 0.3) is 0 Å². The minimum absolute atomic E-state index is 0.650. The van der Waals surface area contributed by atoms with Crippen molar-refractivity contribution in [2.75, 3.05) is 16.8 Å². The maximum Gasteiger partial charge on any atom is 0.229 e. The molecule has 3 aromatic rings. The zero-order valence-corrected chi connectivity index (χ0v) is 14.4. The average molecular weight is 330 g/mol. The van der Waals surface area contributed by atoms with E-state index >= 15 is 0 Å². The monoisotopic (exact) mass is 330 g/mol. The van der Waals surface area contributed by atoms with Crippen LogP contribution in [-0.4, -0.2) is 16.5 Å². The zero-order valence-electron chi connectivity index (χ0n) is 14.4. The van der Waals surface area contributed by atoms with Gasteiger partial charge in [0.05, 0.1) is 0 Å². The van der Waals surface area contributed by atoms with Crippen LogP contribution in [-0.2, 0) is 19.4 Å². The standard InChI is InChI=1S/C21H22N4/c1-2-16-7-5-6-10-19(16)23-21-22-13-11-20(24-21)25-14-12-17-8-3-4-9-18(17)15-25/h3-11,13H,2,12,14-15H2,1H3,(H,22,23,24). The number of aryl methyl sites for hydroxylation is 1. The Bertz CT molecular complexity index is 875. The first kappa shape index (κ1) is 15.6. The first-order valence-corrected chi connectivity index (χ1v) is 8.83. The first-order chi connectivity index (χ1) is 12.3. The largest absolute Gasteiger partial charge is 0.352 e. The van der Waals surface area contributed by atoms with Crippen LogP contribution in [0, 0.1) is 0 Å². The Morgan fingerprint density at radius 1 is 1.00 bits per heavy atom. The molecule has 0 bridgehead atoms. The van der Waals surface area contributed by atoms with Crippen molar-refractivity contribution in [3.63, 3.8) is 0 Å². The number of nitrogens with zero attached hydrogens (tertiary/aromatic N) is 3. The molecule has 1 aromatic heterocycles. The van der Waals surface area contributed by atoms with Crippen molar-refractivity contribution in [3.05, 3.63) is 77.5 Å². The van der Waals surface area contributed by atoms with Gasteiger partial charge in [-0.3, -0.25) is 0 Å². The molecule has 1 aliphatic heterocycles. The summed E-state index contributed by atoms with van der Waals surface area (Å²) in [6, 6.07) is 19.0. The topological polar surface area (TPSA) is 41.1 Å². The molecule has 0 unspecified atom stereocenters. The lowest BCUT2D eigenvalue weighted by atomic mass is 10.00. The predicted molar refractivity (Wildman–Crippen MR) is 102 cm³/mol. The number of fused-ring (bicyclic) bond motifs is 1. The summed E-state index contributed by atoms with van der Waals surface area (Å²) in [5.41, 5.74) is 5.18. The van der Waals surface area contributed by atoms with E-state index in [9.17, 15) is 0 Å². The van der Waals surface area contributed by atoms with Crippen molar-refractivity contribution >= 4 is 17.5 Å². The predicted octanol–water partition coefficient (Wildman–Crippen LogP) is 4.35. The minimum atomic E-state index is 0.650. The molecule has 0 amide bonds. The maximum absolute atomic E-state index is 4.74. The Morgan fingerprint density at radius 3 is 2.68 bits per heavy atom. The van der Waals surface area contributed by atoms with Crippen LogP contribution in [0.5, 0.6) is 0 Å². The van der Waals surface area contributed by atoms with E-state index < -0.39 is 0 Å². The van der Waals surface area contributed by atoms with Gasteiger partial charge < -0.3 is 10.2 Å². The van der Waals surface area contributed by atoms with Crippen LogP contribution in [0.1, 0.15) is 23.6 Å². The SMILES string of the molecule is CCc1ccccc1Nc1nccc(N2CCc3ccccc3C2)n1. The van der Waals surface area contributed by atoms with Crippen molar-refractivity contribution in [2.24, 2.45) is 0 Å². The molecule has 4 rings (SSSR count). The van der Waals surface area contributed by atoms with Crippen LogP contribution in [0.2, 0.25) is 0 Å². The van der Waals surface area contributed by atoms with Crippen LogP contribution in [0.3, 0.4) is 0 Å². The highest BCUT2D eigenvalue weighted by atomic mass is 15.2. The molecular weight excluding hydrogens is 308 g/mol. The van der Waals surface area contributed by atoms with Crippen molar-refractivity contribution in [2.45, 2.75) is 26.3 Å². The molecular formula is C21H22N4. The Morgan fingerprint density at radius 2 is 1.80 bits per heavy atom. The lowest BCUT2D eigenvalue weighted by molar-refractivity contribution is 0.720. The van der Waals surface area contributed by atoms with E-state index in [1.54, 1.807) is 0 Å². The Hall–Kier alpha value is -2.88. The summed E-state index contributed by atoms with van der Waals surface area (Å²) in [5.74, 6) is 1.62. The zero-order chi connectivity index (χ0) is 17.1. The van der Waals surface area contributed by atoms with Gasteiger partial charge in [-0.25, -0.2) is 4.98 Å². The number of aromatic nitrogens is 2. The Labute approximate surface area is 148 Å². The fourth-order valence-corrected chi connectivity index (χ4v) is 3.35. The molecule has 0 aliphatic carbocycles. The summed E-state index contributed by atoms with van der Waals surface area (Å²) < 4.78 is 0. The van der Waals surface area contributed by atoms with Gasteiger partial charge in [-0.2, -0.15) is 4.98 Å². The van der Waals surface area contributed by atoms with Crippen molar-refractivity contribution in [3.8, 4) is 0 Å². The molecule has 2 aromatic carbocycles. The number of rotatable bonds is 4. The second kappa shape index (κ2) is 6.93. The molecule has 4 nitrogen and oxygen atoms in total. The second-order valence-corrected chi connectivity index (χ2v) is 6.31. The summed E-state index contributed by atoms with van der Waals surface area (Å²) in [5, 5.41) is 3.37. The second-order valence-electron chi connectivity index (χ2n) is 6.31. The van der Waals surface area contributed by atoms with Crippen molar-refractivity contribution in [1.82, 2.24) is 9.97 Å². The number of hydrogen-bond donors (Lipinski definition) is 1. The molecule has 0 fully saturated rings. The van der Waals surface area contributed by atoms with Gasteiger partial charge in [-0.1, -0.05) is 49.4 Å². The Balaban J connectivity index is 1.56. The van der Waals surface area contributed by atoms with E-state index in [1.165, 1.54) is 16.7 Å². The van der Waals surface area contributed by atoms with E-state index in [4.69, 9.17) is 4.98 Å². The van der Waals surface area contributed by atoms with Crippen molar-refractivity contribution < 1.29 is 0 Å². The summed E-state index contributed by atoms with van der Waals surface area (Å²) in [6.45, 7) is 4.04. The molecule has 0 saturated heterocycles. The number of benzene rings is 2. The van der Waals surface area contributed by atoms with E-state index in [0.717, 1.165) is 37.4 Å². The molecule has 1 N–H and O–H groups in total. The van der Waals surface area contributed by atoms with Gasteiger partial charge in [0.2, 0.25) is 5.95 Å². The third-order valence-corrected chi connectivity index (χ3v) is 4.74. The Kier molecular flexibility index (Phi) is 4.34. The van der Waals surface area contributed by atoms with Gasteiger partial charge in [0.25, 0.3) is 0 Å². The molecule has 0 saturated carbocycles. The van der Waals surface area contributed by atoms with Crippen LogP contribution in [0.4, 0.5) is 17.5 Å². The summed E-state index contributed by atoms with van der Waals surface area (Å²) in [4.78, 5) is 11.5. The van der Waals surface area contributed by atoms with Crippen molar-refractivity contribution in [1.29, 1.82) is 0 Å². The number of para-hydroxylation sites is 1. The minimum Gasteiger partial charge on any atom is -0.352 e. The average Bonchev–Trinajstić information content (AvgIpc) is 2.68.